The summed E-state index contributed by atoms with van der Waals surface area (Å²) in [7, 11) is -0.711. The number of hydrogen-bond donors (Lipinski definition) is 1. The largest absolute Gasteiger partial charge is 0.479 e. The van der Waals surface area contributed by atoms with Gasteiger partial charge in [-0.05, 0) is 17.7 Å². The lowest BCUT2D eigenvalue weighted by atomic mass is 9.96. The Bertz CT molecular complexity index is 554. The van der Waals surface area contributed by atoms with Crippen LogP contribution in [0.15, 0.2) is 29.2 Å². The van der Waals surface area contributed by atoms with E-state index >= 15 is 0 Å². The van der Waals surface area contributed by atoms with Gasteiger partial charge in [0.2, 0.25) is 16.2 Å². The van der Waals surface area contributed by atoms with Crippen LogP contribution < -0.4 is 0 Å². The van der Waals surface area contributed by atoms with Gasteiger partial charge in [-0.25, -0.2) is 21.9 Å². The zero-order valence-electron chi connectivity index (χ0n) is 10.9. The number of nitrogens with zero attached hydrogens (tertiary/aromatic N) is 1. The minimum atomic E-state index is -3.53. The molecule has 1 aromatic carbocycles. The fourth-order valence-electron chi connectivity index (χ4n) is 1.54. The summed E-state index contributed by atoms with van der Waals surface area (Å²) in [5.41, 5.74) is 0.438. The standard InChI is InChI=1S/C12H16FNO4S/c1-8(11(13)12(15)16)9-4-6-10(7-5-9)19(17,18)14(2)3/h4-8,11H,1-3H3,(H,15,16). The lowest BCUT2D eigenvalue weighted by molar-refractivity contribution is -0.143. The molecule has 0 bridgehead atoms. The lowest BCUT2D eigenvalue weighted by Crippen LogP contribution is -2.23. The van der Waals surface area contributed by atoms with Crippen molar-refractivity contribution in [3.05, 3.63) is 29.8 Å². The summed E-state index contributed by atoms with van der Waals surface area (Å²) < 4.78 is 38.0. The topological polar surface area (TPSA) is 74.7 Å². The number of carboxylic acids is 1. The van der Waals surface area contributed by atoms with Crippen LogP contribution in [0.1, 0.15) is 18.4 Å². The second-order valence-electron chi connectivity index (χ2n) is 4.39. The molecule has 0 aliphatic heterocycles. The van der Waals surface area contributed by atoms with Gasteiger partial charge in [-0.1, -0.05) is 19.1 Å². The second-order valence-corrected chi connectivity index (χ2v) is 6.54. The van der Waals surface area contributed by atoms with Gasteiger partial charge in [0.25, 0.3) is 0 Å². The van der Waals surface area contributed by atoms with Crippen molar-refractivity contribution in [2.75, 3.05) is 14.1 Å². The van der Waals surface area contributed by atoms with Crippen molar-refractivity contribution in [3.8, 4) is 0 Å². The summed E-state index contributed by atoms with van der Waals surface area (Å²) in [6.45, 7) is 1.44. The molecule has 0 spiro atoms. The summed E-state index contributed by atoms with van der Waals surface area (Å²) in [4.78, 5) is 10.6. The molecule has 0 radical (unpaired) electrons. The Morgan fingerprint density at radius 3 is 2.11 bits per heavy atom. The number of aliphatic carboxylic acids is 1. The first kappa shape index (κ1) is 15.6. The molecule has 2 atom stereocenters. The first-order valence-corrected chi connectivity index (χ1v) is 7.01. The predicted molar refractivity (Wildman–Crippen MR) is 68.3 cm³/mol. The summed E-state index contributed by atoms with van der Waals surface area (Å²) >= 11 is 0. The number of benzene rings is 1. The van der Waals surface area contributed by atoms with Gasteiger partial charge in [0, 0.05) is 20.0 Å². The van der Waals surface area contributed by atoms with Crippen LogP contribution in [0.25, 0.3) is 0 Å². The number of rotatable bonds is 5. The molecule has 0 aliphatic carbocycles. The van der Waals surface area contributed by atoms with Crippen LogP contribution in [0, 0.1) is 0 Å². The van der Waals surface area contributed by atoms with Crippen LogP contribution >= 0.6 is 0 Å². The molecule has 0 saturated carbocycles. The number of carbonyl (C=O) groups is 1. The molecule has 0 aliphatic rings. The Labute approximate surface area is 111 Å². The Kier molecular flexibility index (Phi) is 4.65. The number of halogens is 1. The van der Waals surface area contributed by atoms with Crippen molar-refractivity contribution >= 4 is 16.0 Å². The molecular weight excluding hydrogens is 273 g/mol. The average Bonchev–Trinajstić information content (AvgIpc) is 2.36. The summed E-state index contributed by atoms with van der Waals surface area (Å²) in [6, 6.07) is 5.54. The van der Waals surface area contributed by atoms with E-state index in [4.69, 9.17) is 5.11 Å². The van der Waals surface area contributed by atoms with E-state index in [0.29, 0.717) is 5.56 Å². The molecule has 1 N–H and O–H groups in total. The Morgan fingerprint density at radius 1 is 1.26 bits per heavy atom. The lowest BCUT2D eigenvalue weighted by Gasteiger charge is -2.15. The molecule has 0 amide bonds. The summed E-state index contributed by atoms with van der Waals surface area (Å²) in [5, 5.41) is 8.59. The van der Waals surface area contributed by atoms with Crippen LogP contribution in [0.4, 0.5) is 4.39 Å². The van der Waals surface area contributed by atoms with Crippen molar-refractivity contribution in [1.82, 2.24) is 4.31 Å². The van der Waals surface area contributed by atoms with Crippen molar-refractivity contribution in [2.24, 2.45) is 0 Å². The molecule has 19 heavy (non-hydrogen) atoms. The fourth-order valence-corrected chi connectivity index (χ4v) is 2.44. The van der Waals surface area contributed by atoms with Crippen molar-refractivity contribution in [3.63, 3.8) is 0 Å². The van der Waals surface area contributed by atoms with Crippen LogP contribution in [0.2, 0.25) is 0 Å². The smallest absolute Gasteiger partial charge is 0.338 e. The van der Waals surface area contributed by atoms with Crippen LogP contribution in [0.3, 0.4) is 0 Å². The average molecular weight is 289 g/mol. The number of alkyl halides is 1. The van der Waals surface area contributed by atoms with Crippen LogP contribution in [-0.4, -0.2) is 44.1 Å². The number of sulfonamides is 1. The van der Waals surface area contributed by atoms with E-state index in [9.17, 15) is 17.6 Å². The minimum Gasteiger partial charge on any atom is -0.479 e. The van der Waals surface area contributed by atoms with Gasteiger partial charge in [0.05, 0.1) is 4.90 Å². The molecule has 0 fully saturated rings. The van der Waals surface area contributed by atoms with Gasteiger partial charge in [0.1, 0.15) is 0 Å². The van der Waals surface area contributed by atoms with E-state index in [2.05, 4.69) is 0 Å². The molecule has 1 aromatic rings. The molecule has 1 rings (SSSR count). The maximum atomic E-state index is 13.3. The van der Waals surface area contributed by atoms with E-state index < -0.39 is 28.1 Å². The van der Waals surface area contributed by atoms with Gasteiger partial charge >= 0.3 is 5.97 Å². The fraction of sp³-hybridized carbons (Fsp3) is 0.417. The zero-order valence-corrected chi connectivity index (χ0v) is 11.7. The summed E-state index contributed by atoms with van der Waals surface area (Å²) in [6.07, 6.45) is -2.02. The molecule has 2 unspecified atom stereocenters. The zero-order chi connectivity index (χ0) is 14.8. The van der Waals surface area contributed by atoms with Gasteiger partial charge in [-0.15, -0.1) is 0 Å². The maximum Gasteiger partial charge on any atom is 0.338 e. The molecule has 0 heterocycles. The predicted octanol–water partition coefficient (Wildman–Crippen LogP) is 1.46. The highest BCUT2D eigenvalue weighted by atomic mass is 32.2. The van der Waals surface area contributed by atoms with Crippen LogP contribution in [0.5, 0.6) is 0 Å². The highest BCUT2D eigenvalue weighted by molar-refractivity contribution is 7.89. The SMILES string of the molecule is CC(c1ccc(S(=O)(=O)N(C)C)cc1)C(F)C(=O)O. The van der Waals surface area contributed by atoms with Gasteiger partial charge in [-0.3, -0.25) is 0 Å². The molecule has 7 heteroatoms. The van der Waals surface area contributed by atoms with E-state index in [-0.39, 0.29) is 4.90 Å². The normalized spacial score (nSPS) is 15.2. The Balaban J connectivity index is 3.04. The third-order valence-corrected chi connectivity index (χ3v) is 4.69. The highest BCUT2D eigenvalue weighted by Crippen LogP contribution is 2.24. The van der Waals surface area contributed by atoms with Crippen molar-refractivity contribution < 1.29 is 22.7 Å². The molecule has 5 nitrogen and oxygen atoms in total. The monoisotopic (exact) mass is 289 g/mol. The van der Waals surface area contributed by atoms with E-state index in [0.717, 1.165) is 4.31 Å². The quantitative estimate of drug-likeness (QED) is 0.890. The third-order valence-electron chi connectivity index (χ3n) is 2.86. The van der Waals surface area contributed by atoms with E-state index in [1.165, 1.54) is 45.3 Å². The molecule has 106 valence electrons. The third kappa shape index (κ3) is 3.30. The number of carboxylic acid groups (broad SMARTS) is 1. The van der Waals surface area contributed by atoms with E-state index in [1.807, 2.05) is 0 Å². The van der Waals surface area contributed by atoms with Crippen LogP contribution in [-0.2, 0) is 14.8 Å². The highest BCUT2D eigenvalue weighted by Gasteiger charge is 2.25. The maximum absolute atomic E-state index is 13.3. The molecule has 0 saturated heterocycles. The van der Waals surface area contributed by atoms with Gasteiger partial charge < -0.3 is 5.11 Å². The summed E-state index contributed by atoms with van der Waals surface area (Å²) in [5.74, 6) is -2.37. The first-order valence-electron chi connectivity index (χ1n) is 5.57. The van der Waals surface area contributed by atoms with Gasteiger partial charge in [0.15, 0.2) is 0 Å². The Morgan fingerprint density at radius 2 is 1.74 bits per heavy atom. The number of hydrogen-bond acceptors (Lipinski definition) is 3. The first-order chi connectivity index (χ1) is 8.67. The van der Waals surface area contributed by atoms with Crippen molar-refractivity contribution in [2.45, 2.75) is 23.9 Å². The van der Waals surface area contributed by atoms with Gasteiger partial charge in [-0.2, -0.15) is 0 Å². The minimum absolute atomic E-state index is 0.0826. The van der Waals surface area contributed by atoms with E-state index in [1.54, 1.807) is 0 Å². The molecular formula is C12H16FNO4S. The molecule has 0 aromatic heterocycles. The van der Waals surface area contributed by atoms with Crippen molar-refractivity contribution in [1.29, 1.82) is 0 Å². The Hall–Kier alpha value is -1.47. The second kappa shape index (κ2) is 5.66.